The van der Waals surface area contributed by atoms with Gasteiger partial charge in [0.15, 0.2) is 5.82 Å². The van der Waals surface area contributed by atoms with Crippen LogP contribution in [-0.2, 0) is 11.2 Å². The van der Waals surface area contributed by atoms with Crippen molar-refractivity contribution in [2.45, 2.75) is 63.6 Å². The number of fused-ring (bicyclic) bond motifs is 1. The van der Waals surface area contributed by atoms with Crippen LogP contribution in [0.5, 0.6) is 0 Å². The molecule has 0 radical (unpaired) electrons. The molecular formula is C33H44IN9O. The van der Waals surface area contributed by atoms with Crippen LogP contribution in [0.4, 0.5) is 17.3 Å². The molecule has 2 atom stereocenters. The van der Waals surface area contributed by atoms with Gasteiger partial charge in [-0.1, -0.05) is 25.6 Å². The van der Waals surface area contributed by atoms with E-state index >= 15 is 0 Å². The summed E-state index contributed by atoms with van der Waals surface area (Å²) >= 11 is 2.11. The fourth-order valence-electron chi connectivity index (χ4n) is 6.95. The highest BCUT2D eigenvalue weighted by Gasteiger charge is 2.31. The second kappa shape index (κ2) is 13.5. The molecule has 44 heavy (non-hydrogen) atoms. The number of anilines is 3. The van der Waals surface area contributed by atoms with Crippen molar-refractivity contribution in [3.05, 3.63) is 48.8 Å². The van der Waals surface area contributed by atoms with Crippen LogP contribution in [0.1, 0.15) is 44.7 Å². The van der Waals surface area contributed by atoms with Crippen molar-refractivity contribution in [3.8, 4) is 11.1 Å². The maximum Gasteiger partial charge on any atom is 0.254 e. The van der Waals surface area contributed by atoms with E-state index in [1.807, 2.05) is 6.20 Å². The SMILES string of the molecule is C=CC(=O)N(I)C1CCC(Nc2nc3c(-c4ccc(N5CCC(N6CCN(C)CC6)CC5)cc4)cnc(N)c3nc2CC)C1. The standard InChI is InChI=1S/C33H44IN9O/c1-4-28-33(37-23-8-11-26(20-23)43(34)29(44)5-2)39-30-27(21-36-32(35)31(30)38-28)22-6-9-24(10-7-22)41-14-12-25(13-15-41)42-18-16-40(3)17-19-42/h5-7,9-10,21,23,25-26H,2,4,8,11-20H2,1,3H3,(H2,35,36)(H,37,39). The first kappa shape index (κ1) is 31.0. The lowest BCUT2D eigenvalue weighted by Crippen LogP contribution is -2.52. The minimum Gasteiger partial charge on any atom is -0.382 e. The number of aromatic nitrogens is 3. The molecule has 234 valence electrons. The summed E-state index contributed by atoms with van der Waals surface area (Å²) in [6.07, 6.45) is 9.08. The first-order chi connectivity index (χ1) is 21.3. The summed E-state index contributed by atoms with van der Waals surface area (Å²) in [5.41, 5.74) is 11.8. The van der Waals surface area contributed by atoms with Crippen molar-refractivity contribution < 1.29 is 4.79 Å². The number of carbonyl (C=O) groups is 1. The molecule has 3 aromatic rings. The van der Waals surface area contributed by atoms with Crippen LogP contribution in [0, 0.1) is 0 Å². The molecule has 0 bridgehead atoms. The van der Waals surface area contributed by atoms with Crippen molar-refractivity contribution in [1.29, 1.82) is 0 Å². The van der Waals surface area contributed by atoms with Crippen molar-refractivity contribution in [3.63, 3.8) is 0 Å². The van der Waals surface area contributed by atoms with Crippen LogP contribution < -0.4 is 16.0 Å². The molecule has 0 spiro atoms. The fourth-order valence-corrected chi connectivity index (χ4v) is 7.65. The van der Waals surface area contributed by atoms with Crippen LogP contribution in [0.25, 0.3) is 22.2 Å². The predicted octanol–water partition coefficient (Wildman–Crippen LogP) is 4.75. The quantitative estimate of drug-likeness (QED) is 0.195. The molecule has 3 aliphatic rings. The second-order valence-electron chi connectivity index (χ2n) is 12.4. The number of nitrogen functional groups attached to an aromatic ring is 1. The van der Waals surface area contributed by atoms with Gasteiger partial charge in [0.25, 0.3) is 5.91 Å². The molecule has 1 aliphatic carbocycles. The zero-order valence-electron chi connectivity index (χ0n) is 25.9. The zero-order chi connectivity index (χ0) is 30.8. The van der Waals surface area contributed by atoms with Gasteiger partial charge in [0.05, 0.1) is 28.6 Å². The van der Waals surface area contributed by atoms with Crippen molar-refractivity contribution in [2.24, 2.45) is 0 Å². The van der Waals surface area contributed by atoms with Crippen LogP contribution in [0.15, 0.2) is 43.1 Å². The third-order valence-corrected chi connectivity index (χ3v) is 10.9. The first-order valence-corrected chi connectivity index (χ1v) is 16.9. The Kier molecular flexibility index (Phi) is 9.53. The van der Waals surface area contributed by atoms with E-state index in [0.29, 0.717) is 17.4 Å². The molecule has 2 aliphatic heterocycles. The number of amides is 1. The van der Waals surface area contributed by atoms with E-state index in [1.165, 1.54) is 50.8 Å². The molecule has 2 saturated heterocycles. The summed E-state index contributed by atoms with van der Waals surface area (Å²) in [6, 6.07) is 9.86. The Labute approximate surface area is 274 Å². The lowest BCUT2D eigenvalue weighted by molar-refractivity contribution is -0.121. The highest BCUT2D eigenvalue weighted by molar-refractivity contribution is 14.1. The van der Waals surface area contributed by atoms with Gasteiger partial charge in [-0.15, -0.1) is 0 Å². The Morgan fingerprint density at radius 2 is 1.80 bits per heavy atom. The van der Waals surface area contributed by atoms with Crippen LogP contribution in [-0.4, -0.2) is 98.2 Å². The van der Waals surface area contributed by atoms with E-state index in [1.54, 1.807) is 3.11 Å². The number of piperidine rings is 1. The summed E-state index contributed by atoms with van der Waals surface area (Å²) in [4.78, 5) is 34.4. The molecule has 4 heterocycles. The van der Waals surface area contributed by atoms with E-state index in [2.05, 4.69) is 92.7 Å². The molecular weight excluding hydrogens is 665 g/mol. The number of halogens is 1. The average Bonchev–Trinajstić information content (AvgIpc) is 3.53. The maximum absolute atomic E-state index is 12.1. The number of pyridine rings is 1. The number of benzene rings is 1. The Balaban J connectivity index is 1.19. The molecule has 1 aromatic carbocycles. The molecule has 11 heteroatoms. The van der Waals surface area contributed by atoms with Crippen molar-refractivity contribution >= 4 is 57.1 Å². The largest absolute Gasteiger partial charge is 0.382 e. The molecule has 3 fully saturated rings. The fraction of sp³-hybridized carbons (Fsp3) is 0.515. The Morgan fingerprint density at radius 1 is 1.07 bits per heavy atom. The van der Waals surface area contributed by atoms with Gasteiger partial charge in [0.2, 0.25) is 0 Å². The Hall–Kier alpha value is -3.03. The highest BCUT2D eigenvalue weighted by atomic mass is 127. The van der Waals surface area contributed by atoms with Gasteiger partial charge in [0, 0.05) is 74.8 Å². The van der Waals surface area contributed by atoms with E-state index < -0.39 is 0 Å². The van der Waals surface area contributed by atoms with Gasteiger partial charge in [-0.25, -0.2) is 15.0 Å². The maximum atomic E-state index is 12.1. The molecule has 2 aromatic heterocycles. The van der Waals surface area contributed by atoms with Gasteiger partial charge in [-0.3, -0.25) is 12.8 Å². The van der Waals surface area contributed by atoms with Crippen LogP contribution >= 0.6 is 22.9 Å². The second-order valence-corrected chi connectivity index (χ2v) is 13.4. The third-order valence-electron chi connectivity index (χ3n) is 9.65. The third kappa shape index (κ3) is 6.50. The number of aryl methyl sites for hydroxylation is 1. The minimum absolute atomic E-state index is 0.0511. The van der Waals surface area contributed by atoms with Crippen LogP contribution in [0.2, 0.25) is 0 Å². The number of carbonyl (C=O) groups excluding carboxylic acids is 1. The molecule has 1 saturated carbocycles. The number of hydrogen-bond donors (Lipinski definition) is 2. The molecule has 2 unspecified atom stereocenters. The van der Waals surface area contributed by atoms with E-state index in [0.717, 1.165) is 66.9 Å². The lowest BCUT2D eigenvalue weighted by atomic mass is 10.0. The van der Waals surface area contributed by atoms with Crippen molar-refractivity contribution in [1.82, 2.24) is 27.9 Å². The Morgan fingerprint density at radius 3 is 2.48 bits per heavy atom. The monoisotopic (exact) mass is 709 g/mol. The number of hydrogen-bond acceptors (Lipinski definition) is 9. The summed E-state index contributed by atoms with van der Waals surface area (Å²) < 4.78 is 1.77. The zero-order valence-corrected chi connectivity index (χ0v) is 28.0. The predicted molar refractivity (Wildman–Crippen MR) is 187 cm³/mol. The average molecular weight is 710 g/mol. The van der Waals surface area contributed by atoms with Crippen molar-refractivity contribution in [2.75, 3.05) is 62.3 Å². The number of likely N-dealkylation sites (N-methyl/N-ethyl adjacent to an activating group) is 1. The summed E-state index contributed by atoms with van der Waals surface area (Å²) in [6.45, 7) is 12.6. The Bertz CT molecular complexity index is 1480. The number of piperazine rings is 1. The number of rotatable bonds is 8. The van der Waals surface area contributed by atoms with Gasteiger partial charge < -0.3 is 20.9 Å². The lowest BCUT2D eigenvalue weighted by Gasteiger charge is -2.42. The number of nitrogens with one attached hydrogen (secondary N) is 1. The number of nitrogens with zero attached hydrogens (tertiary/aromatic N) is 7. The first-order valence-electron chi connectivity index (χ1n) is 16.0. The summed E-state index contributed by atoms with van der Waals surface area (Å²) in [5.74, 6) is 1.12. The normalized spacial score (nSPS) is 21.9. The van der Waals surface area contributed by atoms with E-state index in [-0.39, 0.29) is 18.0 Å². The van der Waals surface area contributed by atoms with Gasteiger partial charge in [-0.05, 0) is 69.3 Å². The smallest absolute Gasteiger partial charge is 0.254 e. The van der Waals surface area contributed by atoms with E-state index in [4.69, 9.17) is 15.7 Å². The molecule has 6 rings (SSSR count). The van der Waals surface area contributed by atoms with Gasteiger partial charge in [0.1, 0.15) is 16.9 Å². The van der Waals surface area contributed by atoms with Gasteiger partial charge >= 0.3 is 0 Å². The molecule has 1 amide bonds. The molecule has 10 nitrogen and oxygen atoms in total. The van der Waals surface area contributed by atoms with Crippen LogP contribution in [0.3, 0.4) is 0 Å². The highest BCUT2D eigenvalue weighted by Crippen LogP contribution is 2.34. The topological polar surface area (TPSA) is 107 Å². The summed E-state index contributed by atoms with van der Waals surface area (Å²) in [7, 11) is 2.22. The minimum atomic E-state index is -0.0511. The van der Waals surface area contributed by atoms with E-state index in [9.17, 15) is 4.79 Å². The molecule has 3 N–H and O–H groups in total. The van der Waals surface area contributed by atoms with Gasteiger partial charge in [-0.2, -0.15) is 0 Å². The summed E-state index contributed by atoms with van der Waals surface area (Å²) in [5, 5.41) is 3.66. The number of nitrogens with two attached hydrogens (primary N) is 1.